The molecule has 1 rings (SSSR count). The quantitative estimate of drug-likeness (QED) is 0.675. The third-order valence-corrected chi connectivity index (χ3v) is 3.70. The average molecular weight is 230 g/mol. The summed E-state index contributed by atoms with van der Waals surface area (Å²) >= 11 is 1.94. The molecule has 1 N–H and O–H groups in total. The number of rotatable bonds is 7. The van der Waals surface area contributed by atoms with Gasteiger partial charge in [0.1, 0.15) is 0 Å². The van der Waals surface area contributed by atoms with E-state index in [1.807, 2.05) is 11.8 Å². The van der Waals surface area contributed by atoms with Gasteiger partial charge >= 0.3 is 0 Å². The van der Waals surface area contributed by atoms with Crippen LogP contribution in [0.25, 0.3) is 0 Å². The van der Waals surface area contributed by atoms with Crippen LogP contribution >= 0.6 is 11.8 Å². The van der Waals surface area contributed by atoms with Crippen LogP contribution in [0.15, 0.2) is 0 Å². The van der Waals surface area contributed by atoms with Crippen molar-refractivity contribution in [3.05, 3.63) is 0 Å². The summed E-state index contributed by atoms with van der Waals surface area (Å²) in [5.74, 6) is 1.28. The second-order valence-electron chi connectivity index (χ2n) is 4.56. The Labute approximate surface area is 99.2 Å². The van der Waals surface area contributed by atoms with Crippen LogP contribution < -0.4 is 5.32 Å². The van der Waals surface area contributed by atoms with Gasteiger partial charge in [-0.3, -0.25) is 0 Å². The fraction of sp³-hybridized carbons (Fsp3) is 1.00. The van der Waals surface area contributed by atoms with Crippen LogP contribution in [0.3, 0.4) is 0 Å². The average Bonchev–Trinajstić information content (AvgIpc) is 2.26. The largest absolute Gasteiger partial charge is 0.313 e. The van der Waals surface area contributed by atoms with Crippen LogP contribution in [0.2, 0.25) is 0 Å². The van der Waals surface area contributed by atoms with E-state index in [4.69, 9.17) is 0 Å². The molecular formula is C12H26N2S. The Bertz CT molecular complexity index is 147. The molecule has 1 atom stereocenters. The van der Waals surface area contributed by atoms with Crippen LogP contribution in [0.4, 0.5) is 0 Å². The fourth-order valence-electron chi connectivity index (χ4n) is 2.16. The van der Waals surface area contributed by atoms with Crippen molar-refractivity contribution in [1.82, 2.24) is 10.2 Å². The van der Waals surface area contributed by atoms with Gasteiger partial charge in [0, 0.05) is 12.6 Å². The summed E-state index contributed by atoms with van der Waals surface area (Å²) in [5, 5.41) is 3.61. The molecule has 15 heavy (non-hydrogen) atoms. The topological polar surface area (TPSA) is 15.3 Å². The Kier molecular flexibility index (Phi) is 7.49. The first-order chi connectivity index (χ1) is 7.33. The van der Waals surface area contributed by atoms with Gasteiger partial charge in [0.05, 0.1) is 0 Å². The van der Waals surface area contributed by atoms with E-state index in [0.717, 1.165) is 0 Å². The van der Waals surface area contributed by atoms with E-state index in [-0.39, 0.29) is 0 Å². The Hall–Kier alpha value is 0.270. The van der Waals surface area contributed by atoms with Gasteiger partial charge in [-0.2, -0.15) is 11.8 Å². The van der Waals surface area contributed by atoms with Gasteiger partial charge in [0.2, 0.25) is 0 Å². The smallest absolute Gasteiger partial charge is 0.0166 e. The first-order valence-electron chi connectivity index (χ1n) is 6.27. The van der Waals surface area contributed by atoms with Gasteiger partial charge in [-0.1, -0.05) is 6.42 Å². The Morgan fingerprint density at radius 1 is 1.27 bits per heavy atom. The summed E-state index contributed by atoms with van der Waals surface area (Å²) in [7, 11) is 0. The van der Waals surface area contributed by atoms with Crippen LogP contribution in [0.1, 0.15) is 32.6 Å². The molecule has 3 heteroatoms. The number of likely N-dealkylation sites (tertiary alicyclic amines) is 1. The van der Waals surface area contributed by atoms with E-state index in [1.165, 1.54) is 57.6 Å². The molecule has 1 fully saturated rings. The number of nitrogens with one attached hydrogen (secondary N) is 1. The van der Waals surface area contributed by atoms with E-state index < -0.39 is 0 Å². The summed E-state index contributed by atoms with van der Waals surface area (Å²) in [5.41, 5.74) is 0. The van der Waals surface area contributed by atoms with E-state index in [0.29, 0.717) is 6.04 Å². The molecule has 90 valence electrons. The van der Waals surface area contributed by atoms with E-state index in [9.17, 15) is 0 Å². The number of nitrogens with zero attached hydrogens (tertiary/aromatic N) is 1. The molecule has 0 radical (unpaired) electrons. The maximum absolute atomic E-state index is 3.61. The van der Waals surface area contributed by atoms with Gasteiger partial charge in [-0.25, -0.2) is 0 Å². The Morgan fingerprint density at radius 2 is 2.00 bits per heavy atom. The Balaban J connectivity index is 1.98. The van der Waals surface area contributed by atoms with Crippen LogP contribution in [0.5, 0.6) is 0 Å². The first-order valence-corrected chi connectivity index (χ1v) is 7.67. The van der Waals surface area contributed by atoms with E-state index >= 15 is 0 Å². The molecule has 0 bridgehead atoms. The zero-order valence-corrected chi connectivity index (χ0v) is 11.1. The minimum absolute atomic E-state index is 0.657. The molecule has 1 unspecified atom stereocenters. The van der Waals surface area contributed by atoms with Crippen molar-refractivity contribution in [1.29, 1.82) is 0 Å². The lowest BCUT2D eigenvalue weighted by atomic mass is 10.1. The van der Waals surface area contributed by atoms with Crippen LogP contribution in [-0.4, -0.2) is 49.1 Å². The number of hydrogen-bond acceptors (Lipinski definition) is 3. The molecule has 0 saturated carbocycles. The number of piperidine rings is 1. The lowest BCUT2D eigenvalue weighted by Gasteiger charge is -2.29. The molecular weight excluding hydrogens is 204 g/mol. The van der Waals surface area contributed by atoms with E-state index in [2.05, 4.69) is 23.4 Å². The lowest BCUT2D eigenvalue weighted by Crippen LogP contribution is -2.41. The first kappa shape index (κ1) is 13.3. The predicted octanol–water partition coefficient (Wildman–Crippen LogP) is 2.20. The minimum Gasteiger partial charge on any atom is -0.313 e. The molecule has 0 aromatic carbocycles. The normalized spacial score (nSPS) is 20.4. The Morgan fingerprint density at radius 3 is 2.67 bits per heavy atom. The standard InChI is InChI=1S/C12H26N2S/c1-12(13-7-6-10-15-2)11-14-8-4-3-5-9-14/h12-13H,3-11H2,1-2H3. The van der Waals surface area contributed by atoms with Crippen LogP contribution in [-0.2, 0) is 0 Å². The minimum atomic E-state index is 0.657. The summed E-state index contributed by atoms with van der Waals surface area (Å²) < 4.78 is 0. The molecule has 1 heterocycles. The van der Waals surface area contributed by atoms with Gasteiger partial charge in [-0.05, 0) is 57.8 Å². The predicted molar refractivity (Wildman–Crippen MR) is 70.8 cm³/mol. The second kappa shape index (κ2) is 8.43. The van der Waals surface area contributed by atoms with Crippen molar-refractivity contribution in [2.75, 3.05) is 38.2 Å². The number of thioether (sulfide) groups is 1. The van der Waals surface area contributed by atoms with Gasteiger partial charge in [0.15, 0.2) is 0 Å². The second-order valence-corrected chi connectivity index (χ2v) is 5.55. The molecule has 1 aliphatic rings. The maximum atomic E-state index is 3.61. The summed E-state index contributed by atoms with van der Waals surface area (Å²) in [6.45, 7) is 7.36. The third-order valence-electron chi connectivity index (χ3n) is 3.00. The molecule has 2 nitrogen and oxygen atoms in total. The van der Waals surface area contributed by atoms with Crippen LogP contribution in [0, 0.1) is 0 Å². The highest BCUT2D eigenvalue weighted by molar-refractivity contribution is 7.98. The van der Waals surface area contributed by atoms with Gasteiger partial charge < -0.3 is 10.2 Å². The van der Waals surface area contributed by atoms with Crippen molar-refractivity contribution in [2.24, 2.45) is 0 Å². The lowest BCUT2D eigenvalue weighted by molar-refractivity contribution is 0.209. The molecule has 0 aromatic heterocycles. The highest BCUT2D eigenvalue weighted by Crippen LogP contribution is 2.08. The van der Waals surface area contributed by atoms with Crippen molar-refractivity contribution >= 4 is 11.8 Å². The molecule has 0 spiro atoms. The molecule has 1 aliphatic heterocycles. The SMILES string of the molecule is CSCCCNC(C)CN1CCCCC1. The molecule has 0 aromatic rings. The molecule has 1 saturated heterocycles. The zero-order chi connectivity index (χ0) is 10.9. The summed E-state index contributed by atoms with van der Waals surface area (Å²) in [6, 6.07) is 0.657. The highest BCUT2D eigenvalue weighted by Gasteiger charge is 2.12. The third kappa shape index (κ3) is 6.44. The zero-order valence-electron chi connectivity index (χ0n) is 10.3. The van der Waals surface area contributed by atoms with Gasteiger partial charge in [0.25, 0.3) is 0 Å². The summed E-state index contributed by atoms with van der Waals surface area (Å²) in [4.78, 5) is 2.61. The van der Waals surface area contributed by atoms with Crippen molar-refractivity contribution in [3.8, 4) is 0 Å². The monoisotopic (exact) mass is 230 g/mol. The summed E-state index contributed by atoms with van der Waals surface area (Å²) in [6.07, 6.45) is 7.72. The van der Waals surface area contributed by atoms with Crippen molar-refractivity contribution < 1.29 is 0 Å². The van der Waals surface area contributed by atoms with Crippen molar-refractivity contribution in [3.63, 3.8) is 0 Å². The van der Waals surface area contributed by atoms with E-state index in [1.54, 1.807) is 0 Å². The van der Waals surface area contributed by atoms with Crippen molar-refractivity contribution in [2.45, 2.75) is 38.6 Å². The van der Waals surface area contributed by atoms with Gasteiger partial charge in [-0.15, -0.1) is 0 Å². The maximum Gasteiger partial charge on any atom is 0.0166 e. The molecule has 0 amide bonds. The highest BCUT2D eigenvalue weighted by atomic mass is 32.2. The number of hydrogen-bond donors (Lipinski definition) is 1. The molecule has 0 aliphatic carbocycles. The fourth-order valence-corrected chi connectivity index (χ4v) is 2.59.